The molecular formula is C30H27BrN4O2. The van der Waals surface area contributed by atoms with Crippen LogP contribution in [0.5, 0.6) is 5.75 Å². The average molecular weight is 555 g/mol. The third-order valence-electron chi connectivity index (χ3n) is 6.28. The normalized spacial score (nSPS) is 11.5. The van der Waals surface area contributed by atoms with E-state index in [1.807, 2.05) is 74.4 Å². The lowest BCUT2D eigenvalue weighted by Gasteiger charge is -2.17. The van der Waals surface area contributed by atoms with E-state index < -0.39 is 0 Å². The summed E-state index contributed by atoms with van der Waals surface area (Å²) in [5.41, 5.74) is 3.33. The standard InChI is InChI=1S/C30H27BrN4O2/c1-4-29-33-27-15-13-23(31)16-26(27)30(36)35(29)32-18-21-12-14-24(34(2)3)17-28(21)37-19-22-10-7-9-20-8-5-6-11-25(20)22/h5-18H,4,19H2,1-3H3. The van der Waals surface area contributed by atoms with Gasteiger partial charge in [-0.3, -0.25) is 4.79 Å². The zero-order valence-electron chi connectivity index (χ0n) is 21.0. The molecule has 0 aliphatic rings. The number of ether oxygens (including phenoxy) is 1. The average Bonchev–Trinajstić information content (AvgIpc) is 2.91. The van der Waals surface area contributed by atoms with E-state index in [9.17, 15) is 4.79 Å². The molecule has 5 aromatic rings. The Kier molecular flexibility index (Phi) is 7.06. The molecule has 0 atom stereocenters. The molecule has 0 saturated carbocycles. The predicted molar refractivity (Wildman–Crippen MR) is 155 cm³/mol. The number of halogens is 1. The van der Waals surface area contributed by atoms with Crippen molar-refractivity contribution in [1.82, 2.24) is 9.66 Å². The molecule has 37 heavy (non-hydrogen) atoms. The SMILES string of the molecule is CCc1nc2ccc(Br)cc2c(=O)n1N=Cc1ccc(N(C)C)cc1OCc1cccc2ccccc12. The Morgan fingerprint density at radius 2 is 1.81 bits per heavy atom. The molecule has 0 unspecified atom stereocenters. The van der Waals surface area contributed by atoms with Gasteiger partial charge in [0.25, 0.3) is 5.56 Å². The van der Waals surface area contributed by atoms with Crippen LogP contribution in [0.25, 0.3) is 21.7 Å². The Labute approximate surface area is 224 Å². The summed E-state index contributed by atoms with van der Waals surface area (Å²) < 4.78 is 8.56. The predicted octanol–water partition coefficient (Wildman–Crippen LogP) is 6.40. The molecule has 0 saturated heterocycles. The van der Waals surface area contributed by atoms with Crippen molar-refractivity contribution >= 4 is 49.5 Å². The molecule has 0 N–H and O–H groups in total. The van der Waals surface area contributed by atoms with E-state index in [0.29, 0.717) is 35.5 Å². The summed E-state index contributed by atoms with van der Waals surface area (Å²) in [5.74, 6) is 1.28. The number of benzene rings is 4. The largest absolute Gasteiger partial charge is 0.488 e. The van der Waals surface area contributed by atoms with Crippen LogP contribution < -0.4 is 15.2 Å². The lowest BCUT2D eigenvalue weighted by molar-refractivity contribution is 0.307. The number of aromatic nitrogens is 2. The van der Waals surface area contributed by atoms with Gasteiger partial charge >= 0.3 is 0 Å². The number of fused-ring (bicyclic) bond motifs is 2. The number of anilines is 1. The van der Waals surface area contributed by atoms with E-state index >= 15 is 0 Å². The first-order valence-corrected chi connectivity index (χ1v) is 12.9. The fraction of sp³-hybridized carbons (Fsp3) is 0.167. The Morgan fingerprint density at radius 3 is 2.62 bits per heavy atom. The van der Waals surface area contributed by atoms with Gasteiger partial charge in [0, 0.05) is 42.3 Å². The molecule has 1 aromatic heterocycles. The number of aryl methyl sites for hydroxylation is 1. The number of hydrogen-bond donors (Lipinski definition) is 0. The molecule has 186 valence electrons. The van der Waals surface area contributed by atoms with Crippen molar-refractivity contribution in [1.29, 1.82) is 0 Å². The Bertz CT molecular complexity index is 1690. The van der Waals surface area contributed by atoms with Gasteiger partial charge in [-0.05, 0) is 46.7 Å². The van der Waals surface area contributed by atoms with Crippen molar-refractivity contribution in [2.45, 2.75) is 20.0 Å². The van der Waals surface area contributed by atoms with Gasteiger partial charge in [0.15, 0.2) is 0 Å². The first kappa shape index (κ1) is 24.7. The van der Waals surface area contributed by atoms with Crippen LogP contribution >= 0.6 is 15.9 Å². The summed E-state index contributed by atoms with van der Waals surface area (Å²) >= 11 is 3.45. The molecular weight excluding hydrogens is 528 g/mol. The highest BCUT2D eigenvalue weighted by molar-refractivity contribution is 9.10. The fourth-order valence-corrected chi connectivity index (χ4v) is 4.63. The zero-order valence-corrected chi connectivity index (χ0v) is 22.6. The summed E-state index contributed by atoms with van der Waals surface area (Å²) in [6, 6.07) is 26.0. The molecule has 0 radical (unpaired) electrons. The second kappa shape index (κ2) is 10.6. The maximum Gasteiger partial charge on any atom is 0.282 e. The highest BCUT2D eigenvalue weighted by Gasteiger charge is 2.11. The molecule has 0 spiro atoms. The number of rotatable bonds is 7. The summed E-state index contributed by atoms with van der Waals surface area (Å²) in [6.07, 6.45) is 2.24. The molecule has 0 bridgehead atoms. The monoisotopic (exact) mass is 554 g/mol. The molecule has 0 amide bonds. The van der Waals surface area contributed by atoms with Crippen molar-refractivity contribution in [2.75, 3.05) is 19.0 Å². The number of hydrogen-bond acceptors (Lipinski definition) is 5. The lowest BCUT2D eigenvalue weighted by Crippen LogP contribution is -2.22. The minimum Gasteiger partial charge on any atom is -0.488 e. The van der Waals surface area contributed by atoms with Crippen molar-refractivity contribution in [2.24, 2.45) is 5.10 Å². The van der Waals surface area contributed by atoms with Crippen LogP contribution in [0.4, 0.5) is 5.69 Å². The van der Waals surface area contributed by atoms with Crippen LogP contribution in [0.2, 0.25) is 0 Å². The first-order chi connectivity index (χ1) is 17.9. The first-order valence-electron chi connectivity index (χ1n) is 12.1. The molecule has 1 heterocycles. The van der Waals surface area contributed by atoms with E-state index in [0.717, 1.165) is 26.7 Å². The van der Waals surface area contributed by atoms with E-state index in [4.69, 9.17) is 4.74 Å². The van der Waals surface area contributed by atoms with Gasteiger partial charge < -0.3 is 9.64 Å². The zero-order chi connectivity index (χ0) is 25.9. The fourth-order valence-electron chi connectivity index (χ4n) is 4.27. The van der Waals surface area contributed by atoms with Crippen LogP contribution in [0.15, 0.2) is 93.2 Å². The number of nitrogens with zero attached hydrogens (tertiary/aromatic N) is 4. The summed E-state index contributed by atoms with van der Waals surface area (Å²) in [5, 5.41) is 7.43. The van der Waals surface area contributed by atoms with Crippen LogP contribution in [0.1, 0.15) is 23.9 Å². The molecule has 0 aliphatic heterocycles. The van der Waals surface area contributed by atoms with Crippen molar-refractivity contribution < 1.29 is 4.74 Å². The molecule has 5 rings (SSSR count). The third kappa shape index (κ3) is 5.13. The van der Waals surface area contributed by atoms with Crippen molar-refractivity contribution in [3.05, 3.63) is 111 Å². The second-order valence-corrected chi connectivity index (χ2v) is 9.86. The van der Waals surface area contributed by atoms with Gasteiger partial charge in [-0.2, -0.15) is 9.78 Å². The summed E-state index contributed by atoms with van der Waals surface area (Å²) in [4.78, 5) is 20.0. The van der Waals surface area contributed by atoms with Crippen LogP contribution in [0.3, 0.4) is 0 Å². The Hall–Kier alpha value is -3.97. The topological polar surface area (TPSA) is 59.7 Å². The Balaban J connectivity index is 1.53. The quantitative estimate of drug-likeness (QED) is 0.218. The molecule has 4 aromatic carbocycles. The maximum atomic E-state index is 13.3. The molecule has 6 nitrogen and oxygen atoms in total. The van der Waals surface area contributed by atoms with Gasteiger partial charge in [-0.1, -0.05) is 65.3 Å². The highest BCUT2D eigenvalue weighted by Crippen LogP contribution is 2.27. The van der Waals surface area contributed by atoms with Crippen molar-refractivity contribution in [3.63, 3.8) is 0 Å². The van der Waals surface area contributed by atoms with E-state index in [1.165, 1.54) is 10.1 Å². The minimum atomic E-state index is -0.206. The van der Waals surface area contributed by atoms with Gasteiger partial charge in [-0.15, -0.1) is 0 Å². The molecule has 0 aliphatic carbocycles. The van der Waals surface area contributed by atoms with Crippen LogP contribution in [-0.4, -0.2) is 30.0 Å². The lowest BCUT2D eigenvalue weighted by atomic mass is 10.1. The molecule has 7 heteroatoms. The van der Waals surface area contributed by atoms with E-state index in [-0.39, 0.29) is 5.56 Å². The van der Waals surface area contributed by atoms with Gasteiger partial charge in [0.05, 0.1) is 17.1 Å². The van der Waals surface area contributed by atoms with E-state index in [2.05, 4.69) is 50.3 Å². The van der Waals surface area contributed by atoms with Gasteiger partial charge in [0.1, 0.15) is 18.2 Å². The van der Waals surface area contributed by atoms with Crippen LogP contribution in [0, 0.1) is 0 Å². The maximum absolute atomic E-state index is 13.3. The van der Waals surface area contributed by atoms with E-state index in [1.54, 1.807) is 12.3 Å². The minimum absolute atomic E-state index is 0.206. The Morgan fingerprint density at radius 1 is 1.00 bits per heavy atom. The molecule has 0 fully saturated rings. The van der Waals surface area contributed by atoms with Gasteiger partial charge in [-0.25, -0.2) is 4.98 Å². The third-order valence-corrected chi connectivity index (χ3v) is 6.77. The highest BCUT2D eigenvalue weighted by atomic mass is 79.9. The van der Waals surface area contributed by atoms with Crippen LogP contribution in [-0.2, 0) is 13.0 Å². The van der Waals surface area contributed by atoms with Gasteiger partial charge in [0.2, 0.25) is 0 Å². The summed E-state index contributed by atoms with van der Waals surface area (Å²) in [6.45, 7) is 2.37. The summed E-state index contributed by atoms with van der Waals surface area (Å²) in [7, 11) is 3.98. The van der Waals surface area contributed by atoms with Crippen molar-refractivity contribution in [3.8, 4) is 5.75 Å². The smallest absolute Gasteiger partial charge is 0.282 e. The second-order valence-electron chi connectivity index (χ2n) is 8.95.